The number of Topliss-reactive ketones (excluding diaryl/α,β-unsaturated/α-hetero) is 1. The molecule has 0 aliphatic heterocycles. The van der Waals surface area contributed by atoms with Crippen LogP contribution in [0, 0.1) is 0 Å². The second-order valence-electron chi connectivity index (χ2n) is 9.93. The van der Waals surface area contributed by atoms with Gasteiger partial charge in [-0.1, -0.05) is 71.4 Å². The number of carbonyl (C=O) groups excluding carboxylic acids is 3. The molecule has 0 spiro atoms. The number of amides is 2. The summed E-state index contributed by atoms with van der Waals surface area (Å²) >= 11 is 6.01. The van der Waals surface area contributed by atoms with Gasteiger partial charge in [0.25, 0.3) is 5.91 Å². The van der Waals surface area contributed by atoms with Crippen LogP contribution < -0.4 is 16.4 Å². The zero-order valence-corrected chi connectivity index (χ0v) is 24.4. The quantitative estimate of drug-likeness (QED) is 0.128. The summed E-state index contributed by atoms with van der Waals surface area (Å²) in [6, 6.07) is 22.9. The second-order valence-corrected chi connectivity index (χ2v) is 10.4. The maximum absolute atomic E-state index is 13.2. The first-order valence-corrected chi connectivity index (χ1v) is 14.4. The fraction of sp³-hybridized carbons (Fsp3) is 0.281. The molecule has 1 atom stereocenters. The van der Waals surface area contributed by atoms with Crippen molar-refractivity contribution in [3.8, 4) is 0 Å². The number of carbonyl (C=O) groups is 3. The molecule has 1 heterocycles. The molecule has 0 saturated heterocycles. The lowest BCUT2D eigenvalue weighted by Crippen LogP contribution is -2.41. The minimum absolute atomic E-state index is 0.0756. The van der Waals surface area contributed by atoms with Gasteiger partial charge in [0.05, 0.1) is 12.5 Å². The molecule has 43 heavy (non-hydrogen) atoms. The SMILES string of the molecule is NCCCC[C@H](NC(=O)OCc1ccccc1)C(=O)c1noc(Cc2ccc(C(=O)NCCc3cccc(Cl)c3)cc2)n1. The normalized spacial score (nSPS) is 11.5. The van der Waals surface area contributed by atoms with E-state index in [4.69, 9.17) is 26.6 Å². The maximum Gasteiger partial charge on any atom is 0.408 e. The first kappa shape index (κ1) is 31.4. The molecule has 0 unspecified atom stereocenters. The highest BCUT2D eigenvalue weighted by Gasteiger charge is 2.27. The van der Waals surface area contributed by atoms with Gasteiger partial charge in [0.15, 0.2) is 0 Å². The molecule has 11 heteroatoms. The van der Waals surface area contributed by atoms with E-state index in [1.54, 1.807) is 24.3 Å². The molecular formula is C32H34ClN5O5. The number of ether oxygens (including phenoxy) is 1. The average Bonchev–Trinajstić information content (AvgIpc) is 3.48. The summed E-state index contributed by atoms with van der Waals surface area (Å²) in [4.78, 5) is 42.4. The molecule has 4 N–H and O–H groups in total. The fourth-order valence-electron chi connectivity index (χ4n) is 4.31. The lowest BCUT2D eigenvalue weighted by atomic mass is 10.0. The first-order chi connectivity index (χ1) is 20.9. The van der Waals surface area contributed by atoms with E-state index in [-0.39, 0.29) is 30.7 Å². The number of nitrogens with two attached hydrogens (primary N) is 1. The van der Waals surface area contributed by atoms with Crippen molar-refractivity contribution < 1.29 is 23.6 Å². The minimum Gasteiger partial charge on any atom is -0.445 e. The molecule has 3 aromatic carbocycles. The van der Waals surface area contributed by atoms with E-state index >= 15 is 0 Å². The van der Waals surface area contributed by atoms with Crippen LogP contribution in [0.5, 0.6) is 0 Å². The number of halogens is 1. The minimum atomic E-state index is -0.892. The molecule has 4 aromatic rings. The Morgan fingerprint density at radius 1 is 0.930 bits per heavy atom. The standard InChI is InChI=1S/C32H34ClN5O5/c33-26-10-6-9-22(19-26)16-18-35-31(40)25-14-12-23(13-15-25)20-28-37-30(38-43-28)29(39)27(11-4-5-17-34)36-32(41)42-21-24-7-2-1-3-8-24/h1-3,6-10,12-15,19,27H,4-5,11,16-18,20-21,34H2,(H,35,40)(H,36,41)/t27-/m0/s1. The second kappa shape index (κ2) is 16.2. The van der Waals surface area contributed by atoms with Crippen LogP contribution in [0.3, 0.4) is 0 Å². The maximum atomic E-state index is 13.2. The molecule has 0 radical (unpaired) electrons. The van der Waals surface area contributed by atoms with Crippen LogP contribution in [0.4, 0.5) is 4.79 Å². The zero-order valence-electron chi connectivity index (χ0n) is 23.6. The number of hydrogen-bond donors (Lipinski definition) is 3. The topological polar surface area (TPSA) is 149 Å². The highest BCUT2D eigenvalue weighted by molar-refractivity contribution is 6.30. The molecule has 1 aromatic heterocycles. The molecule has 224 valence electrons. The molecule has 0 aliphatic rings. The van der Waals surface area contributed by atoms with Crippen LogP contribution in [0.15, 0.2) is 83.4 Å². The van der Waals surface area contributed by atoms with Crippen LogP contribution in [-0.4, -0.2) is 47.1 Å². The zero-order chi connectivity index (χ0) is 30.4. The molecular weight excluding hydrogens is 570 g/mol. The van der Waals surface area contributed by atoms with Gasteiger partial charge in [-0.25, -0.2) is 4.79 Å². The Balaban J connectivity index is 1.30. The van der Waals surface area contributed by atoms with Gasteiger partial charge in [0.1, 0.15) is 6.61 Å². The third-order valence-corrected chi connectivity index (χ3v) is 6.85. The summed E-state index contributed by atoms with van der Waals surface area (Å²) in [5.41, 5.74) is 8.81. The Kier molecular flexibility index (Phi) is 11.8. The highest BCUT2D eigenvalue weighted by atomic mass is 35.5. The van der Waals surface area contributed by atoms with Crippen LogP contribution in [0.1, 0.15) is 62.8 Å². The number of aromatic nitrogens is 2. The first-order valence-electron chi connectivity index (χ1n) is 14.1. The van der Waals surface area contributed by atoms with E-state index in [1.807, 2.05) is 54.6 Å². The van der Waals surface area contributed by atoms with Crippen molar-refractivity contribution in [2.45, 2.75) is 44.8 Å². The lowest BCUT2D eigenvalue weighted by molar-refractivity contribution is 0.0896. The fourth-order valence-corrected chi connectivity index (χ4v) is 4.53. The number of benzene rings is 3. The monoisotopic (exact) mass is 603 g/mol. The summed E-state index contributed by atoms with van der Waals surface area (Å²) in [6.45, 7) is 1.02. The van der Waals surface area contributed by atoms with Crippen LogP contribution >= 0.6 is 11.6 Å². The Hall–Kier alpha value is -4.54. The molecule has 4 rings (SSSR count). The Morgan fingerprint density at radius 3 is 2.44 bits per heavy atom. The predicted molar refractivity (Wildman–Crippen MR) is 162 cm³/mol. The van der Waals surface area contributed by atoms with Crippen molar-refractivity contribution in [3.63, 3.8) is 0 Å². The number of unbranched alkanes of at least 4 members (excludes halogenated alkanes) is 1. The van der Waals surface area contributed by atoms with E-state index in [2.05, 4.69) is 20.8 Å². The number of hydrogen-bond acceptors (Lipinski definition) is 8. The third kappa shape index (κ3) is 10.1. The smallest absolute Gasteiger partial charge is 0.408 e. The number of ketones is 1. The summed E-state index contributed by atoms with van der Waals surface area (Å²) in [6.07, 6.45) is 1.88. The van der Waals surface area contributed by atoms with Gasteiger partial charge in [0, 0.05) is 17.1 Å². The van der Waals surface area contributed by atoms with Gasteiger partial charge < -0.3 is 25.6 Å². The summed E-state index contributed by atoms with van der Waals surface area (Å²) in [5.74, 6) is -0.565. The Bertz CT molecular complexity index is 1490. The number of rotatable bonds is 15. The van der Waals surface area contributed by atoms with Crippen molar-refractivity contribution in [1.82, 2.24) is 20.8 Å². The van der Waals surface area contributed by atoms with Crippen molar-refractivity contribution >= 4 is 29.4 Å². The van der Waals surface area contributed by atoms with Gasteiger partial charge in [-0.2, -0.15) is 4.98 Å². The van der Waals surface area contributed by atoms with Gasteiger partial charge in [0.2, 0.25) is 17.5 Å². The molecule has 0 aliphatic carbocycles. The molecule has 0 fully saturated rings. The Labute approximate surface area is 255 Å². The predicted octanol–water partition coefficient (Wildman–Crippen LogP) is 4.89. The summed E-state index contributed by atoms with van der Waals surface area (Å²) < 4.78 is 10.6. The van der Waals surface area contributed by atoms with Crippen molar-refractivity contribution in [3.05, 3.63) is 118 Å². The number of nitrogens with zero attached hydrogens (tertiary/aromatic N) is 2. The molecule has 0 saturated carbocycles. The highest BCUT2D eigenvalue weighted by Crippen LogP contribution is 2.14. The van der Waals surface area contributed by atoms with E-state index in [1.165, 1.54) is 0 Å². The van der Waals surface area contributed by atoms with E-state index in [0.717, 1.165) is 16.7 Å². The van der Waals surface area contributed by atoms with E-state index in [9.17, 15) is 14.4 Å². The van der Waals surface area contributed by atoms with E-state index in [0.29, 0.717) is 49.4 Å². The van der Waals surface area contributed by atoms with Gasteiger partial charge in [-0.15, -0.1) is 0 Å². The molecule has 10 nitrogen and oxygen atoms in total. The van der Waals surface area contributed by atoms with Gasteiger partial charge >= 0.3 is 6.09 Å². The largest absolute Gasteiger partial charge is 0.445 e. The van der Waals surface area contributed by atoms with Crippen molar-refractivity contribution in [1.29, 1.82) is 0 Å². The summed E-state index contributed by atoms with van der Waals surface area (Å²) in [7, 11) is 0. The van der Waals surface area contributed by atoms with Gasteiger partial charge in [-0.05, 0) is 73.2 Å². The molecule has 0 bridgehead atoms. The molecule has 2 amide bonds. The van der Waals surface area contributed by atoms with Crippen LogP contribution in [0.2, 0.25) is 5.02 Å². The summed E-state index contributed by atoms with van der Waals surface area (Å²) in [5, 5.41) is 10.0. The third-order valence-electron chi connectivity index (χ3n) is 6.62. The Morgan fingerprint density at radius 2 is 1.70 bits per heavy atom. The van der Waals surface area contributed by atoms with Crippen molar-refractivity contribution in [2.75, 3.05) is 13.1 Å². The van der Waals surface area contributed by atoms with Crippen molar-refractivity contribution in [2.24, 2.45) is 5.73 Å². The average molecular weight is 604 g/mol. The lowest BCUT2D eigenvalue weighted by Gasteiger charge is -2.16. The number of nitrogens with one attached hydrogen (secondary N) is 2. The number of alkyl carbamates (subject to hydrolysis) is 1. The van der Waals surface area contributed by atoms with E-state index < -0.39 is 17.9 Å². The van der Waals surface area contributed by atoms with Crippen LogP contribution in [0.25, 0.3) is 0 Å². The van der Waals surface area contributed by atoms with Gasteiger partial charge in [-0.3, -0.25) is 9.59 Å². The van der Waals surface area contributed by atoms with Crippen LogP contribution in [-0.2, 0) is 24.2 Å².